The van der Waals surface area contributed by atoms with Crippen LogP contribution in [0.5, 0.6) is 0 Å². The Morgan fingerprint density at radius 2 is 1.75 bits per heavy atom. The fourth-order valence-corrected chi connectivity index (χ4v) is 3.36. The van der Waals surface area contributed by atoms with Gasteiger partial charge in [-0.15, -0.1) is 6.58 Å². The van der Waals surface area contributed by atoms with Crippen molar-refractivity contribution in [2.45, 2.75) is 64.3 Å². The van der Waals surface area contributed by atoms with Crippen LogP contribution >= 0.6 is 23.2 Å². The molecule has 0 heterocycles. The van der Waals surface area contributed by atoms with Gasteiger partial charge in [-0.25, -0.2) is 0 Å². The molecule has 0 spiro atoms. The van der Waals surface area contributed by atoms with Crippen LogP contribution in [-0.2, 0) is 0 Å². The first kappa shape index (κ1) is 21.1. The van der Waals surface area contributed by atoms with E-state index in [4.69, 9.17) is 23.2 Å². The molecule has 0 saturated heterocycles. The highest BCUT2D eigenvalue weighted by Crippen LogP contribution is 2.26. The van der Waals surface area contributed by atoms with Crippen LogP contribution in [0.15, 0.2) is 49.2 Å². The third-order valence-corrected chi connectivity index (χ3v) is 5.11. The molecule has 1 nitrogen and oxygen atoms in total. The molecule has 0 bridgehead atoms. The first-order chi connectivity index (χ1) is 11.6. The average molecular weight is 368 g/mol. The van der Waals surface area contributed by atoms with Crippen molar-refractivity contribution in [3.05, 3.63) is 59.2 Å². The first-order valence-corrected chi connectivity index (χ1v) is 9.81. The van der Waals surface area contributed by atoms with Gasteiger partial charge in [0.15, 0.2) is 0 Å². The predicted octanol–water partition coefficient (Wildman–Crippen LogP) is 7.50. The summed E-state index contributed by atoms with van der Waals surface area (Å²) in [5, 5.41) is 1.21. The lowest BCUT2D eigenvalue weighted by molar-refractivity contribution is 0.197. The number of halogens is 2. The zero-order valence-electron chi connectivity index (χ0n) is 14.9. The SMILES string of the molecule is C=CCCN(C(=C)CCC)C1CCCCC1.Clc1ccccc1Cl. The second kappa shape index (κ2) is 12.4. The molecule has 0 radical (unpaired) electrons. The standard InChI is InChI=1S/C15H27N.C6H4Cl2/c1-4-6-13-16(14(3)10-5-2)15-11-8-7-9-12-15;7-5-3-1-2-4-6(5)8/h4,15H,1,3,5-13H2,2H3;1-4H. The van der Waals surface area contributed by atoms with Gasteiger partial charge in [-0.2, -0.15) is 0 Å². The maximum atomic E-state index is 5.58. The van der Waals surface area contributed by atoms with Crippen LogP contribution in [0.25, 0.3) is 0 Å². The molecule has 2 rings (SSSR count). The predicted molar refractivity (Wildman–Crippen MR) is 109 cm³/mol. The van der Waals surface area contributed by atoms with Crippen molar-refractivity contribution in [1.82, 2.24) is 4.90 Å². The minimum Gasteiger partial charge on any atom is -0.372 e. The van der Waals surface area contributed by atoms with E-state index in [0.29, 0.717) is 10.0 Å². The molecule has 0 unspecified atom stereocenters. The molecule has 134 valence electrons. The normalized spacial score (nSPS) is 14.5. The first-order valence-electron chi connectivity index (χ1n) is 9.05. The zero-order chi connectivity index (χ0) is 17.8. The van der Waals surface area contributed by atoms with E-state index in [9.17, 15) is 0 Å². The molecule has 0 aliphatic heterocycles. The van der Waals surface area contributed by atoms with Crippen LogP contribution in [0, 0.1) is 0 Å². The van der Waals surface area contributed by atoms with E-state index < -0.39 is 0 Å². The maximum Gasteiger partial charge on any atom is 0.0592 e. The van der Waals surface area contributed by atoms with Gasteiger partial charge in [0.25, 0.3) is 0 Å². The van der Waals surface area contributed by atoms with Crippen LogP contribution in [-0.4, -0.2) is 17.5 Å². The van der Waals surface area contributed by atoms with Crippen LogP contribution in [0.1, 0.15) is 58.3 Å². The molecule has 1 aromatic carbocycles. The summed E-state index contributed by atoms with van der Waals surface area (Å²) < 4.78 is 0. The Kier molecular flexibility index (Phi) is 11.0. The fourth-order valence-electron chi connectivity index (χ4n) is 3.09. The molecule has 1 fully saturated rings. The van der Waals surface area contributed by atoms with Gasteiger partial charge in [0.1, 0.15) is 0 Å². The average Bonchev–Trinajstić information content (AvgIpc) is 2.60. The van der Waals surface area contributed by atoms with Gasteiger partial charge in [-0.05, 0) is 37.8 Å². The fraction of sp³-hybridized carbons (Fsp3) is 0.524. The molecule has 1 aromatic rings. The van der Waals surface area contributed by atoms with Crippen molar-refractivity contribution in [2.24, 2.45) is 0 Å². The van der Waals surface area contributed by atoms with Gasteiger partial charge >= 0.3 is 0 Å². The van der Waals surface area contributed by atoms with Crippen molar-refractivity contribution in [2.75, 3.05) is 6.54 Å². The minimum absolute atomic E-state index is 0.606. The van der Waals surface area contributed by atoms with Gasteiger partial charge in [0, 0.05) is 18.3 Å². The molecule has 0 amide bonds. The van der Waals surface area contributed by atoms with Crippen LogP contribution in [0.3, 0.4) is 0 Å². The Morgan fingerprint density at radius 1 is 1.17 bits per heavy atom. The minimum atomic E-state index is 0.606. The maximum absolute atomic E-state index is 5.58. The molecule has 1 aliphatic rings. The van der Waals surface area contributed by atoms with E-state index in [2.05, 4.69) is 25.0 Å². The number of hydrogen-bond donors (Lipinski definition) is 0. The van der Waals surface area contributed by atoms with Crippen molar-refractivity contribution in [3.8, 4) is 0 Å². The van der Waals surface area contributed by atoms with Gasteiger partial charge in [0.2, 0.25) is 0 Å². The van der Waals surface area contributed by atoms with E-state index in [1.807, 2.05) is 18.2 Å². The third-order valence-electron chi connectivity index (χ3n) is 4.36. The quantitative estimate of drug-likeness (QED) is 0.450. The van der Waals surface area contributed by atoms with Crippen molar-refractivity contribution in [3.63, 3.8) is 0 Å². The van der Waals surface area contributed by atoms with E-state index in [1.165, 1.54) is 44.2 Å². The van der Waals surface area contributed by atoms with E-state index in [-0.39, 0.29) is 0 Å². The number of rotatable bonds is 7. The van der Waals surface area contributed by atoms with Gasteiger partial charge in [-0.3, -0.25) is 0 Å². The highest BCUT2D eigenvalue weighted by Gasteiger charge is 2.20. The summed E-state index contributed by atoms with van der Waals surface area (Å²) in [4.78, 5) is 2.56. The molecular weight excluding hydrogens is 337 g/mol. The Labute approximate surface area is 158 Å². The summed E-state index contributed by atoms with van der Waals surface area (Å²) in [6.45, 7) is 11.4. The largest absolute Gasteiger partial charge is 0.372 e. The number of benzene rings is 1. The Bertz CT molecular complexity index is 471. The zero-order valence-corrected chi connectivity index (χ0v) is 16.5. The molecule has 24 heavy (non-hydrogen) atoms. The van der Waals surface area contributed by atoms with E-state index >= 15 is 0 Å². The highest BCUT2D eigenvalue weighted by molar-refractivity contribution is 6.41. The van der Waals surface area contributed by atoms with E-state index in [1.54, 1.807) is 12.1 Å². The number of allylic oxidation sites excluding steroid dienone is 1. The van der Waals surface area contributed by atoms with Crippen LogP contribution in [0.2, 0.25) is 10.0 Å². The lowest BCUT2D eigenvalue weighted by Gasteiger charge is -2.37. The number of hydrogen-bond acceptors (Lipinski definition) is 1. The second-order valence-corrected chi connectivity index (χ2v) is 7.11. The van der Waals surface area contributed by atoms with Crippen LogP contribution in [0.4, 0.5) is 0 Å². The van der Waals surface area contributed by atoms with E-state index in [0.717, 1.165) is 25.4 Å². The Balaban J connectivity index is 0.000000300. The van der Waals surface area contributed by atoms with Gasteiger partial charge in [0.05, 0.1) is 10.0 Å². The summed E-state index contributed by atoms with van der Waals surface area (Å²) in [6.07, 6.45) is 12.4. The summed E-state index contributed by atoms with van der Waals surface area (Å²) in [5.41, 5.74) is 1.34. The molecule has 1 aliphatic carbocycles. The van der Waals surface area contributed by atoms with Gasteiger partial charge < -0.3 is 4.90 Å². The summed E-state index contributed by atoms with van der Waals surface area (Å²) in [5.74, 6) is 0. The lowest BCUT2D eigenvalue weighted by atomic mass is 9.93. The summed E-state index contributed by atoms with van der Waals surface area (Å²) in [6, 6.07) is 7.95. The van der Waals surface area contributed by atoms with Crippen LogP contribution < -0.4 is 0 Å². The molecule has 0 aromatic heterocycles. The highest BCUT2D eigenvalue weighted by atomic mass is 35.5. The molecule has 3 heteroatoms. The monoisotopic (exact) mass is 367 g/mol. The summed E-state index contributed by atoms with van der Waals surface area (Å²) in [7, 11) is 0. The topological polar surface area (TPSA) is 3.24 Å². The Hall–Kier alpha value is -0.920. The van der Waals surface area contributed by atoms with Gasteiger partial charge in [-0.1, -0.05) is 80.6 Å². The Morgan fingerprint density at radius 3 is 2.21 bits per heavy atom. The van der Waals surface area contributed by atoms with Crippen molar-refractivity contribution < 1.29 is 0 Å². The lowest BCUT2D eigenvalue weighted by Crippen LogP contribution is -2.36. The molecule has 0 atom stereocenters. The molecular formula is C21H31Cl2N. The second-order valence-electron chi connectivity index (χ2n) is 6.29. The summed E-state index contributed by atoms with van der Waals surface area (Å²) >= 11 is 11.2. The van der Waals surface area contributed by atoms with Crippen molar-refractivity contribution >= 4 is 23.2 Å². The van der Waals surface area contributed by atoms with Crippen molar-refractivity contribution in [1.29, 1.82) is 0 Å². The smallest absolute Gasteiger partial charge is 0.0592 e. The molecule has 0 N–H and O–H groups in total. The third kappa shape index (κ3) is 7.77. The number of nitrogens with zero attached hydrogens (tertiary/aromatic N) is 1. The molecule has 1 saturated carbocycles.